The van der Waals surface area contributed by atoms with Crippen molar-refractivity contribution in [2.24, 2.45) is 0 Å². The van der Waals surface area contributed by atoms with Crippen LogP contribution in [0.3, 0.4) is 0 Å². The van der Waals surface area contributed by atoms with Crippen molar-refractivity contribution in [1.82, 2.24) is 14.9 Å². The van der Waals surface area contributed by atoms with Crippen LogP contribution in [0.1, 0.15) is 16.8 Å². The van der Waals surface area contributed by atoms with Crippen molar-refractivity contribution in [3.05, 3.63) is 55.5 Å². The maximum Gasteiger partial charge on any atom is 0.311 e. The first-order chi connectivity index (χ1) is 11.5. The summed E-state index contributed by atoms with van der Waals surface area (Å²) >= 11 is 0. The topological polar surface area (TPSA) is 127 Å². The van der Waals surface area contributed by atoms with Gasteiger partial charge in [0.25, 0.3) is 5.56 Å². The van der Waals surface area contributed by atoms with Crippen molar-refractivity contribution in [3.63, 3.8) is 0 Å². The molecule has 0 radical (unpaired) electrons. The van der Waals surface area contributed by atoms with Gasteiger partial charge in [-0.2, -0.15) is 0 Å². The van der Waals surface area contributed by atoms with Crippen molar-refractivity contribution in [1.29, 1.82) is 0 Å². The van der Waals surface area contributed by atoms with Gasteiger partial charge in [0.2, 0.25) is 5.95 Å². The van der Waals surface area contributed by atoms with Crippen molar-refractivity contribution in [2.75, 3.05) is 19.4 Å². The molecule has 0 atom stereocenters. The second-order valence-corrected chi connectivity index (χ2v) is 5.60. The minimum Gasteiger partial charge on any atom is -0.490 e. The molecule has 0 unspecified atom stereocenters. The first-order valence-corrected chi connectivity index (χ1v) is 7.39. The number of hydrogen-bond acceptors (Lipinski definition) is 7. The molecule has 24 heavy (non-hydrogen) atoms. The summed E-state index contributed by atoms with van der Waals surface area (Å²) in [6.45, 7) is 1.62. The van der Waals surface area contributed by atoms with E-state index in [0.29, 0.717) is 37.3 Å². The van der Waals surface area contributed by atoms with E-state index in [9.17, 15) is 14.9 Å². The van der Waals surface area contributed by atoms with Gasteiger partial charge in [0, 0.05) is 32.1 Å². The van der Waals surface area contributed by atoms with Crippen LogP contribution in [0.5, 0.6) is 5.75 Å². The van der Waals surface area contributed by atoms with Crippen LogP contribution < -0.4 is 16.0 Å². The molecule has 1 aromatic carbocycles. The first kappa shape index (κ1) is 15.9. The number of aromatic amines is 1. The third-order valence-electron chi connectivity index (χ3n) is 4.01. The third kappa shape index (κ3) is 3.06. The Morgan fingerprint density at radius 1 is 1.50 bits per heavy atom. The normalized spacial score (nSPS) is 14.2. The largest absolute Gasteiger partial charge is 0.490 e. The van der Waals surface area contributed by atoms with Gasteiger partial charge >= 0.3 is 5.69 Å². The van der Waals surface area contributed by atoms with Crippen LogP contribution in [-0.4, -0.2) is 33.4 Å². The average Bonchev–Trinajstić information content (AvgIpc) is 2.55. The monoisotopic (exact) mass is 331 g/mol. The maximum atomic E-state index is 12.0. The lowest BCUT2D eigenvalue weighted by atomic mass is 10.1. The van der Waals surface area contributed by atoms with Crippen LogP contribution in [0.2, 0.25) is 0 Å². The predicted octanol–water partition coefficient (Wildman–Crippen LogP) is 0.827. The van der Waals surface area contributed by atoms with E-state index in [1.807, 2.05) is 4.90 Å². The molecule has 0 fully saturated rings. The summed E-state index contributed by atoms with van der Waals surface area (Å²) in [6, 6.07) is 4.87. The van der Waals surface area contributed by atoms with Crippen molar-refractivity contribution < 1.29 is 9.66 Å². The van der Waals surface area contributed by atoms with Gasteiger partial charge in [-0.15, -0.1) is 0 Å². The van der Waals surface area contributed by atoms with Gasteiger partial charge in [-0.25, -0.2) is 4.98 Å². The lowest BCUT2D eigenvalue weighted by Crippen LogP contribution is -2.35. The number of anilines is 1. The quantitative estimate of drug-likeness (QED) is 0.627. The first-order valence-electron chi connectivity index (χ1n) is 7.39. The molecular formula is C15H17N5O4. The number of benzene rings is 1. The van der Waals surface area contributed by atoms with E-state index in [2.05, 4.69) is 9.97 Å². The van der Waals surface area contributed by atoms with Gasteiger partial charge in [0.15, 0.2) is 5.75 Å². The Hall–Kier alpha value is -2.94. The number of rotatable bonds is 4. The molecule has 0 saturated heterocycles. The Morgan fingerprint density at radius 3 is 3.00 bits per heavy atom. The molecule has 2 heterocycles. The summed E-state index contributed by atoms with van der Waals surface area (Å²) < 4.78 is 5.00. The predicted molar refractivity (Wildman–Crippen MR) is 86.7 cm³/mol. The summed E-state index contributed by atoms with van der Waals surface area (Å²) in [4.78, 5) is 31.4. The van der Waals surface area contributed by atoms with Crippen LogP contribution in [0, 0.1) is 10.1 Å². The molecule has 1 aliphatic rings. The molecule has 3 rings (SSSR count). The second-order valence-electron chi connectivity index (χ2n) is 5.60. The molecule has 0 amide bonds. The number of H-pyrrole nitrogens is 1. The summed E-state index contributed by atoms with van der Waals surface area (Å²) in [7, 11) is 1.40. The zero-order valence-electron chi connectivity index (χ0n) is 13.1. The van der Waals surface area contributed by atoms with Crippen molar-refractivity contribution >= 4 is 11.6 Å². The highest BCUT2D eigenvalue weighted by atomic mass is 16.6. The molecular weight excluding hydrogens is 314 g/mol. The number of nitrogens with zero attached hydrogens (tertiary/aromatic N) is 3. The summed E-state index contributed by atoms with van der Waals surface area (Å²) in [5.41, 5.74) is 7.35. The third-order valence-corrected chi connectivity index (χ3v) is 4.01. The Morgan fingerprint density at radius 2 is 2.29 bits per heavy atom. The van der Waals surface area contributed by atoms with Crippen molar-refractivity contribution in [3.8, 4) is 5.75 Å². The van der Waals surface area contributed by atoms with Crippen LogP contribution >= 0.6 is 0 Å². The van der Waals surface area contributed by atoms with Gasteiger partial charge in [-0.3, -0.25) is 24.8 Å². The number of nitrogen functional groups attached to an aromatic ring is 1. The van der Waals surface area contributed by atoms with Gasteiger partial charge in [-0.1, -0.05) is 6.07 Å². The molecule has 3 N–H and O–H groups in total. The highest BCUT2D eigenvalue weighted by molar-refractivity contribution is 5.48. The van der Waals surface area contributed by atoms with E-state index >= 15 is 0 Å². The van der Waals surface area contributed by atoms with Crippen LogP contribution in [0.4, 0.5) is 11.6 Å². The molecule has 126 valence electrons. The summed E-state index contributed by atoms with van der Waals surface area (Å²) in [5, 5.41) is 11.1. The molecule has 0 saturated carbocycles. The fourth-order valence-electron chi connectivity index (χ4n) is 2.87. The molecule has 0 aliphatic carbocycles. The fraction of sp³-hybridized carbons (Fsp3) is 0.333. The Bertz CT molecular complexity index is 848. The Kier molecular flexibility index (Phi) is 4.17. The minimum atomic E-state index is -0.467. The lowest BCUT2D eigenvalue weighted by Gasteiger charge is -2.27. The molecule has 2 aromatic rings. The number of methoxy groups -OCH3 is 1. The van der Waals surface area contributed by atoms with E-state index in [4.69, 9.17) is 10.5 Å². The summed E-state index contributed by atoms with van der Waals surface area (Å²) in [5.74, 6) is 0.349. The van der Waals surface area contributed by atoms with E-state index in [1.165, 1.54) is 13.2 Å². The zero-order valence-corrected chi connectivity index (χ0v) is 13.1. The number of hydrogen-bond donors (Lipinski definition) is 2. The van der Waals surface area contributed by atoms with Crippen LogP contribution in [0.15, 0.2) is 23.0 Å². The van der Waals surface area contributed by atoms with Gasteiger partial charge in [0.05, 0.1) is 23.3 Å². The van der Waals surface area contributed by atoms with Crippen molar-refractivity contribution in [2.45, 2.75) is 19.5 Å². The molecule has 9 heteroatoms. The fourth-order valence-corrected chi connectivity index (χ4v) is 2.87. The number of nitrogens with one attached hydrogen (secondary N) is 1. The number of ether oxygens (including phenoxy) is 1. The molecule has 0 bridgehead atoms. The summed E-state index contributed by atoms with van der Waals surface area (Å²) in [6.07, 6.45) is 0.613. The van der Waals surface area contributed by atoms with Crippen LogP contribution in [0.25, 0.3) is 0 Å². The van der Waals surface area contributed by atoms with Gasteiger partial charge in [0.1, 0.15) is 0 Å². The number of aromatic nitrogens is 2. The standard InChI is InChI=1S/C15H17N5O4/c1-24-13-3-2-9(6-12(13)20(22)23)7-19-5-4-11-10(8-19)14(21)18-15(16)17-11/h2-3,6H,4-5,7-8H2,1H3,(H3,16,17,18,21). The minimum absolute atomic E-state index is 0.0697. The van der Waals surface area contributed by atoms with Gasteiger partial charge in [-0.05, 0) is 11.6 Å². The maximum absolute atomic E-state index is 12.0. The zero-order chi connectivity index (χ0) is 17.3. The SMILES string of the molecule is COc1ccc(CN2CCc3nc(N)[nH]c(=O)c3C2)cc1[N+](=O)[O-]. The number of nitro benzene ring substituents is 1. The number of fused-ring (bicyclic) bond motifs is 1. The lowest BCUT2D eigenvalue weighted by molar-refractivity contribution is -0.385. The number of nitro groups is 1. The number of nitrogens with two attached hydrogens (primary N) is 1. The smallest absolute Gasteiger partial charge is 0.311 e. The molecule has 1 aliphatic heterocycles. The van der Waals surface area contributed by atoms with Gasteiger partial charge < -0.3 is 10.5 Å². The highest BCUT2D eigenvalue weighted by Crippen LogP contribution is 2.28. The van der Waals surface area contributed by atoms with E-state index in [1.54, 1.807) is 12.1 Å². The van der Waals surface area contributed by atoms with E-state index in [0.717, 1.165) is 5.56 Å². The highest BCUT2D eigenvalue weighted by Gasteiger charge is 2.22. The second kappa shape index (κ2) is 6.28. The Labute approximate surface area is 137 Å². The molecule has 9 nitrogen and oxygen atoms in total. The van der Waals surface area contributed by atoms with Crippen LogP contribution in [-0.2, 0) is 19.5 Å². The average molecular weight is 331 g/mol. The molecule has 1 aromatic heterocycles. The Balaban J connectivity index is 1.82. The molecule has 0 spiro atoms. The van der Waals surface area contributed by atoms with E-state index < -0.39 is 4.92 Å². The van der Waals surface area contributed by atoms with E-state index in [-0.39, 0.29) is 22.9 Å².